The molecule has 0 amide bonds. The summed E-state index contributed by atoms with van der Waals surface area (Å²) < 4.78 is 13.7. The summed E-state index contributed by atoms with van der Waals surface area (Å²) in [5, 5.41) is 10.3. The van der Waals surface area contributed by atoms with Crippen LogP contribution >= 0.6 is 0 Å². The second-order valence-electron chi connectivity index (χ2n) is 4.43. The molecule has 0 saturated heterocycles. The molecule has 0 saturated carbocycles. The van der Waals surface area contributed by atoms with E-state index in [0.29, 0.717) is 5.56 Å². The molecule has 0 bridgehead atoms. The summed E-state index contributed by atoms with van der Waals surface area (Å²) in [6.07, 6.45) is 1.18. The predicted molar refractivity (Wildman–Crippen MR) is 68.3 cm³/mol. The summed E-state index contributed by atoms with van der Waals surface area (Å²) in [6, 6.07) is 6.55. The average Bonchev–Trinajstić information content (AvgIpc) is 2.34. The molecule has 96 valence electrons. The lowest BCUT2D eigenvalue weighted by Gasteiger charge is -2.28. The minimum Gasteiger partial charge on any atom is -0.392 e. The number of halogens is 1. The average molecular weight is 239 g/mol. The van der Waals surface area contributed by atoms with Crippen molar-refractivity contribution >= 4 is 0 Å². The molecule has 2 atom stereocenters. The van der Waals surface area contributed by atoms with Gasteiger partial charge in [0.1, 0.15) is 5.82 Å². The molecule has 0 fully saturated rings. The van der Waals surface area contributed by atoms with Crippen LogP contribution in [0.25, 0.3) is 0 Å². The number of aliphatic hydroxyl groups excluding tert-OH is 1. The third kappa shape index (κ3) is 3.27. The molecule has 0 heterocycles. The fraction of sp³-hybridized carbons (Fsp3) is 0.571. The van der Waals surface area contributed by atoms with Crippen LogP contribution in [0.15, 0.2) is 24.3 Å². The third-order valence-electron chi connectivity index (χ3n) is 3.50. The Hall–Kier alpha value is -0.930. The molecule has 1 aromatic rings. The van der Waals surface area contributed by atoms with Crippen LogP contribution in [0.3, 0.4) is 0 Å². The lowest BCUT2D eigenvalue weighted by Crippen LogP contribution is -2.32. The van der Waals surface area contributed by atoms with Crippen molar-refractivity contribution in [2.45, 2.75) is 38.7 Å². The molecule has 0 spiro atoms. The topological polar surface area (TPSA) is 46.2 Å². The Morgan fingerprint density at radius 1 is 1.24 bits per heavy atom. The van der Waals surface area contributed by atoms with E-state index in [-0.39, 0.29) is 24.2 Å². The first kappa shape index (κ1) is 14.1. The van der Waals surface area contributed by atoms with Gasteiger partial charge < -0.3 is 10.8 Å². The Kier molecular flexibility index (Phi) is 5.59. The number of benzene rings is 1. The van der Waals surface area contributed by atoms with E-state index in [2.05, 4.69) is 0 Å². The van der Waals surface area contributed by atoms with Gasteiger partial charge in [0.2, 0.25) is 0 Å². The molecule has 0 aliphatic carbocycles. The minimum absolute atomic E-state index is 0.170. The van der Waals surface area contributed by atoms with Crippen LogP contribution in [0.4, 0.5) is 4.39 Å². The van der Waals surface area contributed by atoms with Crippen molar-refractivity contribution in [1.29, 1.82) is 0 Å². The van der Waals surface area contributed by atoms with Gasteiger partial charge in [-0.25, -0.2) is 4.39 Å². The molecule has 1 aromatic carbocycles. The van der Waals surface area contributed by atoms with Crippen LogP contribution in [0.5, 0.6) is 0 Å². The molecule has 3 heteroatoms. The first-order chi connectivity index (χ1) is 8.15. The number of hydrogen-bond donors (Lipinski definition) is 2. The quantitative estimate of drug-likeness (QED) is 0.801. The van der Waals surface area contributed by atoms with E-state index >= 15 is 0 Å². The zero-order valence-electron chi connectivity index (χ0n) is 10.6. The van der Waals surface area contributed by atoms with Gasteiger partial charge in [0.15, 0.2) is 0 Å². The highest BCUT2D eigenvalue weighted by Crippen LogP contribution is 2.28. The van der Waals surface area contributed by atoms with Crippen molar-refractivity contribution in [3.8, 4) is 0 Å². The van der Waals surface area contributed by atoms with Crippen molar-refractivity contribution in [2.24, 2.45) is 11.7 Å². The first-order valence-electron chi connectivity index (χ1n) is 6.28. The van der Waals surface area contributed by atoms with Crippen LogP contribution in [-0.4, -0.2) is 17.8 Å². The van der Waals surface area contributed by atoms with Gasteiger partial charge in [0, 0.05) is 12.5 Å². The largest absolute Gasteiger partial charge is 0.392 e. The van der Waals surface area contributed by atoms with E-state index in [1.54, 1.807) is 18.2 Å². The SMILES string of the molecule is CCC(CC)C(O)C(CN)c1ccccc1F. The Morgan fingerprint density at radius 3 is 2.29 bits per heavy atom. The van der Waals surface area contributed by atoms with Crippen LogP contribution < -0.4 is 5.73 Å². The van der Waals surface area contributed by atoms with Gasteiger partial charge in [-0.15, -0.1) is 0 Å². The molecule has 2 unspecified atom stereocenters. The zero-order chi connectivity index (χ0) is 12.8. The molecule has 2 nitrogen and oxygen atoms in total. The second kappa shape index (κ2) is 6.72. The number of hydrogen-bond acceptors (Lipinski definition) is 2. The molecule has 3 N–H and O–H groups in total. The monoisotopic (exact) mass is 239 g/mol. The van der Waals surface area contributed by atoms with Gasteiger partial charge in [-0.2, -0.15) is 0 Å². The predicted octanol–water partition coefficient (Wildman–Crippen LogP) is 2.67. The lowest BCUT2D eigenvalue weighted by molar-refractivity contribution is 0.0768. The van der Waals surface area contributed by atoms with Crippen LogP contribution in [-0.2, 0) is 0 Å². The van der Waals surface area contributed by atoms with Crippen LogP contribution in [0.2, 0.25) is 0 Å². The van der Waals surface area contributed by atoms with E-state index in [4.69, 9.17) is 5.73 Å². The van der Waals surface area contributed by atoms with Gasteiger partial charge >= 0.3 is 0 Å². The fourth-order valence-corrected chi connectivity index (χ4v) is 2.33. The van der Waals surface area contributed by atoms with Crippen molar-refractivity contribution in [3.05, 3.63) is 35.6 Å². The normalized spacial score (nSPS) is 14.9. The van der Waals surface area contributed by atoms with Gasteiger partial charge in [-0.3, -0.25) is 0 Å². The van der Waals surface area contributed by atoms with Gasteiger partial charge in [-0.1, -0.05) is 44.9 Å². The van der Waals surface area contributed by atoms with Gasteiger partial charge in [-0.05, 0) is 17.5 Å². The molecule has 0 radical (unpaired) electrons. The summed E-state index contributed by atoms with van der Waals surface area (Å²) in [5.41, 5.74) is 6.22. The maximum absolute atomic E-state index is 13.7. The maximum Gasteiger partial charge on any atom is 0.126 e. The van der Waals surface area contributed by atoms with E-state index in [1.165, 1.54) is 6.07 Å². The molecule has 0 aromatic heterocycles. The Labute approximate surface area is 103 Å². The van der Waals surface area contributed by atoms with E-state index in [1.807, 2.05) is 13.8 Å². The molecular formula is C14H22FNO. The summed E-state index contributed by atoms with van der Waals surface area (Å²) in [5.74, 6) is -0.433. The Bertz CT molecular complexity index is 339. The third-order valence-corrected chi connectivity index (χ3v) is 3.50. The Morgan fingerprint density at radius 2 is 1.82 bits per heavy atom. The molecule has 17 heavy (non-hydrogen) atoms. The summed E-state index contributed by atoms with van der Waals surface area (Å²) in [7, 11) is 0. The summed E-state index contributed by atoms with van der Waals surface area (Å²) in [4.78, 5) is 0. The smallest absolute Gasteiger partial charge is 0.126 e. The minimum atomic E-state index is -0.577. The van der Waals surface area contributed by atoms with Crippen molar-refractivity contribution in [3.63, 3.8) is 0 Å². The first-order valence-corrected chi connectivity index (χ1v) is 6.28. The second-order valence-corrected chi connectivity index (χ2v) is 4.43. The van der Waals surface area contributed by atoms with Gasteiger partial charge in [0.25, 0.3) is 0 Å². The standard InChI is InChI=1S/C14H22FNO/c1-3-10(4-2)14(17)12(9-16)11-7-5-6-8-13(11)15/h5-8,10,12,14,17H,3-4,9,16H2,1-2H3. The lowest BCUT2D eigenvalue weighted by atomic mass is 9.83. The number of rotatable bonds is 6. The maximum atomic E-state index is 13.7. The number of aliphatic hydroxyl groups is 1. The molecular weight excluding hydrogens is 217 g/mol. The summed E-state index contributed by atoms with van der Waals surface area (Å²) in [6.45, 7) is 4.33. The van der Waals surface area contributed by atoms with Crippen LogP contribution in [0.1, 0.15) is 38.2 Å². The molecule has 0 aliphatic rings. The zero-order valence-corrected chi connectivity index (χ0v) is 10.6. The van der Waals surface area contributed by atoms with E-state index < -0.39 is 6.10 Å². The summed E-state index contributed by atoms with van der Waals surface area (Å²) >= 11 is 0. The van der Waals surface area contributed by atoms with Gasteiger partial charge in [0.05, 0.1) is 6.10 Å². The van der Waals surface area contributed by atoms with Crippen LogP contribution in [0, 0.1) is 11.7 Å². The highest BCUT2D eigenvalue weighted by molar-refractivity contribution is 5.23. The van der Waals surface area contributed by atoms with Crippen molar-refractivity contribution in [1.82, 2.24) is 0 Å². The molecule has 1 rings (SSSR count). The fourth-order valence-electron chi connectivity index (χ4n) is 2.33. The molecule has 0 aliphatic heterocycles. The van der Waals surface area contributed by atoms with Crippen molar-refractivity contribution in [2.75, 3.05) is 6.54 Å². The van der Waals surface area contributed by atoms with E-state index in [0.717, 1.165) is 12.8 Å². The highest BCUT2D eigenvalue weighted by atomic mass is 19.1. The van der Waals surface area contributed by atoms with E-state index in [9.17, 15) is 9.50 Å². The highest BCUT2D eigenvalue weighted by Gasteiger charge is 2.27. The Balaban J connectivity index is 2.95. The number of nitrogens with two attached hydrogens (primary N) is 1. The van der Waals surface area contributed by atoms with Crippen molar-refractivity contribution < 1.29 is 9.50 Å².